The van der Waals surface area contributed by atoms with Gasteiger partial charge in [0.05, 0.1) is 10.5 Å². The topological polar surface area (TPSA) is 107 Å². The van der Waals surface area contributed by atoms with Crippen molar-refractivity contribution >= 4 is 23.6 Å². The Hall–Kier alpha value is -2.73. The third kappa shape index (κ3) is 5.61. The molecule has 9 nitrogen and oxygen atoms in total. The van der Waals surface area contributed by atoms with Gasteiger partial charge in [-0.1, -0.05) is 32.4 Å². The molecular formula is C20H23ClF3N3O6. The van der Waals surface area contributed by atoms with Gasteiger partial charge in [0.25, 0.3) is 6.29 Å². The van der Waals surface area contributed by atoms with Crippen molar-refractivity contribution in [1.29, 1.82) is 0 Å². The summed E-state index contributed by atoms with van der Waals surface area (Å²) in [5, 5.41) is 25.3. The molecule has 1 N–H and O–H groups in total. The van der Waals surface area contributed by atoms with E-state index in [0.717, 1.165) is 11.1 Å². The van der Waals surface area contributed by atoms with Crippen LogP contribution in [0.15, 0.2) is 23.0 Å². The van der Waals surface area contributed by atoms with Gasteiger partial charge in [-0.25, -0.2) is 4.79 Å². The number of ether oxygens (including phenoxy) is 2. The first-order valence-corrected chi connectivity index (χ1v) is 10.3. The van der Waals surface area contributed by atoms with Crippen molar-refractivity contribution < 1.29 is 42.4 Å². The summed E-state index contributed by atoms with van der Waals surface area (Å²) in [6, 6.07) is 2.85. The van der Waals surface area contributed by atoms with Crippen molar-refractivity contribution in [1.82, 2.24) is 5.01 Å². The number of hydrogen-bond donors (Lipinski definition) is 1. The molecule has 1 saturated heterocycles. The number of alkyl halides is 3. The predicted molar refractivity (Wildman–Crippen MR) is 109 cm³/mol. The van der Waals surface area contributed by atoms with Gasteiger partial charge in [0.2, 0.25) is 11.4 Å². The summed E-state index contributed by atoms with van der Waals surface area (Å²) in [6.45, 7) is 6.81. The molecule has 2 aliphatic heterocycles. The van der Waals surface area contributed by atoms with Crippen molar-refractivity contribution in [2.24, 2.45) is 5.28 Å². The van der Waals surface area contributed by atoms with Gasteiger partial charge in [-0.15, -0.1) is 5.01 Å². The van der Waals surface area contributed by atoms with Gasteiger partial charge >= 0.3 is 12.1 Å². The number of rotatable bonds is 5. The third-order valence-corrected chi connectivity index (χ3v) is 5.21. The van der Waals surface area contributed by atoms with E-state index in [1.165, 1.54) is 19.1 Å². The highest BCUT2D eigenvalue weighted by atomic mass is 35.5. The van der Waals surface area contributed by atoms with Gasteiger partial charge in [0.1, 0.15) is 24.9 Å². The Morgan fingerprint density at radius 3 is 2.55 bits per heavy atom. The van der Waals surface area contributed by atoms with Crippen LogP contribution in [0.3, 0.4) is 0 Å². The minimum Gasteiger partial charge on any atom is -0.569 e. The highest BCUT2D eigenvalue weighted by Crippen LogP contribution is 2.42. The quantitative estimate of drug-likeness (QED) is 0.219. The van der Waals surface area contributed by atoms with E-state index in [-0.39, 0.29) is 29.4 Å². The summed E-state index contributed by atoms with van der Waals surface area (Å²) in [5.41, 5.74) is -0.495. The number of aliphatic hydroxyl groups is 1. The van der Waals surface area contributed by atoms with E-state index in [1.807, 2.05) is 20.8 Å². The fraction of sp³-hybridized carbons (Fsp3) is 0.550. The number of carbonyl (C=O) groups excluding carboxylic acids is 1. The Morgan fingerprint density at radius 1 is 1.36 bits per heavy atom. The molecule has 2 heterocycles. The Kier molecular flexibility index (Phi) is 6.72. The first kappa shape index (κ1) is 24.9. The summed E-state index contributed by atoms with van der Waals surface area (Å²) in [5.74, 6) is -1.43. The van der Waals surface area contributed by atoms with Gasteiger partial charge in [0, 0.05) is 17.5 Å². The number of hydrazine groups is 1. The van der Waals surface area contributed by atoms with Gasteiger partial charge < -0.3 is 19.8 Å². The number of fused-ring (bicyclic) bond motifs is 1. The molecule has 0 saturated carbocycles. The first-order valence-electron chi connectivity index (χ1n) is 9.93. The second-order valence-electron chi connectivity index (χ2n) is 8.70. The summed E-state index contributed by atoms with van der Waals surface area (Å²) in [7, 11) is 0. The zero-order valence-corrected chi connectivity index (χ0v) is 19.0. The number of hydrogen-bond acceptors (Lipinski definition) is 7. The number of β-amino-alcohol motifs (C(OH)–C–C–N with tert-alkyl or cyclic N) is 1. The number of aliphatic hydroxyl groups excluding tert-OH is 1. The van der Waals surface area contributed by atoms with E-state index in [9.17, 15) is 23.2 Å². The molecule has 0 bridgehead atoms. The van der Waals surface area contributed by atoms with Crippen molar-refractivity contribution in [2.75, 3.05) is 13.1 Å². The molecule has 2 aliphatic rings. The van der Waals surface area contributed by atoms with E-state index in [2.05, 4.69) is 5.28 Å². The normalized spacial score (nSPS) is 20.3. The molecule has 182 valence electrons. The van der Waals surface area contributed by atoms with Crippen LogP contribution in [0.4, 0.5) is 13.2 Å². The summed E-state index contributed by atoms with van der Waals surface area (Å²) < 4.78 is 51.1. The maximum Gasteiger partial charge on any atom is 0.430 e. The van der Waals surface area contributed by atoms with E-state index < -0.39 is 41.6 Å². The van der Waals surface area contributed by atoms with Gasteiger partial charge in [-0.05, 0) is 29.2 Å². The maximum atomic E-state index is 13.7. The zero-order valence-electron chi connectivity index (χ0n) is 18.2. The van der Waals surface area contributed by atoms with Crippen molar-refractivity contribution in [2.45, 2.75) is 57.8 Å². The predicted octanol–water partition coefficient (Wildman–Crippen LogP) is 3.72. The number of esters is 1. The number of nitrogens with zero attached hydrogens (tertiary/aromatic N) is 3. The van der Waals surface area contributed by atoms with Crippen LogP contribution in [0.1, 0.15) is 38.8 Å². The summed E-state index contributed by atoms with van der Waals surface area (Å²) in [6.07, 6.45) is -8.64. The lowest BCUT2D eigenvalue weighted by Gasteiger charge is -2.30. The Balaban J connectivity index is 1.81. The van der Waals surface area contributed by atoms with Gasteiger partial charge in [-0.3, -0.25) is 4.84 Å². The van der Waals surface area contributed by atoms with Crippen molar-refractivity contribution in [3.63, 3.8) is 0 Å². The largest absolute Gasteiger partial charge is 0.569 e. The number of halogens is 4. The fourth-order valence-corrected chi connectivity index (χ4v) is 3.63. The minimum absolute atomic E-state index is 0.0426. The van der Waals surface area contributed by atoms with Crippen LogP contribution in [0, 0.1) is 5.21 Å². The molecule has 3 rings (SSSR count). The van der Waals surface area contributed by atoms with Crippen LogP contribution in [-0.4, -0.2) is 58.8 Å². The van der Waals surface area contributed by atoms with Gasteiger partial charge in [0.15, 0.2) is 0 Å². The van der Waals surface area contributed by atoms with Crippen LogP contribution < -0.4 is 4.74 Å². The highest BCUT2D eigenvalue weighted by Gasteiger charge is 2.49. The fourth-order valence-electron chi connectivity index (χ4n) is 3.17. The molecule has 0 radical (unpaired) electrons. The third-order valence-electron chi connectivity index (χ3n) is 4.90. The molecule has 1 fully saturated rings. The lowest BCUT2D eigenvalue weighted by atomic mass is 9.85. The summed E-state index contributed by atoms with van der Waals surface area (Å²) in [4.78, 5) is 17.3. The monoisotopic (exact) mass is 493 g/mol. The van der Waals surface area contributed by atoms with E-state index in [0.29, 0.717) is 10.6 Å². The Labute approximate surface area is 192 Å². The average molecular weight is 494 g/mol. The van der Waals surface area contributed by atoms with Crippen molar-refractivity contribution in [3.05, 3.63) is 39.1 Å². The maximum absolute atomic E-state index is 13.7. The van der Waals surface area contributed by atoms with E-state index in [1.54, 1.807) is 0 Å². The highest BCUT2D eigenvalue weighted by molar-refractivity contribution is 6.31. The lowest BCUT2D eigenvalue weighted by molar-refractivity contribution is -0.728. The second kappa shape index (κ2) is 8.90. The SMILES string of the molecule is CC(O/N=[N+](\[O-])N1CC(O)C1)OC(=O)C1=Cc2cc(Cl)c(C(C)(C)C)cc2O[C@@H]1C(F)(F)F. The molecule has 0 aromatic heterocycles. The standard InChI is InChI=1S/C20H23ClF3N3O6/c1-10(33-25-27(30)26-8-12(28)9-26)31-18(29)13-5-11-6-15(21)14(19(2,3)4)7-16(11)32-17(13)20(22,23)24/h5-7,10,12,17,28H,8-9H2,1-4H3/b27-25-/t10?,17-/m0/s1. The molecule has 0 spiro atoms. The first-order chi connectivity index (χ1) is 15.2. The molecule has 13 heteroatoms. The van der Waals surface area contributed by atoms with E-state index in [4.69, 9.17) is 31.0 Å². The molecule has 33 heavy (non-hydrogen) atoms. The number of carbonyl (C=O) groups is 1. The van der Waals surface area contributed by atoms with Crippen LogP contribution in [0.2, 0.25) is 5.02 Å². The van der Waals surface area contributed by atoms with Crippen LogP contribution in [-0.2, 0) is 19.8 Å². The molecule has 2 atom stereocenters. The van der Waals surface area contributed by atoms with Crippen LogP contribution >= 0.6 is 11.6 Å². The number of benzene rings is 1. The molecule has 1 aromatic rings. The van der Waals surface area contributed by atoms with Crippen LogP contribution in [0.5, 0.6) is 5.75 Å². The molecule has 0 aliphatic carbocycles. The Morgan fingerprint density at radius 2 is 2.00 bits per heavy atom. The second-order valence-corrected chi connectivity index (χ2v) is 9.10. The zero-order chi connectivity index (χ0) is 24.7. The van der Waals surface area contributed by atoms with Crippen molar-refractivity contribution in [3.8, 4) is 5.75 Å². The average Bonchev–Trinajstić information content (AvgIpc) is 2.66. The van der Waals surface area contributed by atoms with E-state index >= 15 is 0 Å². The molecule has 1 unspecified atom stereocenters. The van der Waals surface area contributed by atoms with Crippen LogP contribution in [0.25, 0.3) is 6.08 Å². The lowest BCUT2D eigenvalue weighted by Crippen LogP contribution is -2.53. The smallest absolute Gasteiger partial charge is 0.430 e. The van der Waals surface area contributed by atoms with Gasteiger partial charge in [-0.2, -0.15) is 13.2 Å². The minimum atomic E-state index is -4.91. The summed E-state index contributed by atoms with van der Waals surface area (Å²) >= 11 is 6.30. The molecular weight excluding hydrogens is 471 g/mol. The molecule has 1 aromatic carbocycles. The Bertz CT molecular complexity index is 986. The molecule has 0 amide bonds.